The highest BCUT2D eigenvalue weighted by Crippen LogP contribution is 2.30. The molecule has 1 fully saturated rings. The van der Waals surface area contributed by atoms with E-state index in [1.54, 1.807) is 0 Å². The molecule has 1 aliphatic carbocycles. The lowest BCUT2D eigenvalue weighted by Crippen LogP contribution is -2.45. The van der Waals surface area contributed by atoms with E-state index in [1.807, 2.05) is 18.2 Å². The highest BCUT2D eigenvalue weighted by atomic mass is 16.4. The lowest BCUT2D eigenvalue weighted by molar-refractivity contribution is -0.139. The van der Waals surface area contributed by atoms with Crippen LogP contribution in [0.15, 0.2) is 24.3 Å². The molecule has 108 valence electrons. The first-order chi connectivity index (χ1) is 9.75. The maximum Gasteiger partial charge on any atom is 0.325 e. The topological polar surface area (TPSA) is 61.4 Å². The van der Waals surface area contributed by atoms with Gasteiger partial charge in [0, 0.05) is 18.6 Å². The van der Waals surface area contributed by atoms with E-state index in [0.29, 0.717) is 12.6 Å². The third-order valence-electron chi connectivity index (χ3n) is 4.50. The summed E-state index contributed by atoms with van der Waals surface area (Å²) >= 11 is 0. The second-order valence-electron chi connectivity index (χ2n) is 5.86. The van der Waals surface area contributed by atoms with Gasteiger partial charge < -0.3 is 10.4 Å². The molecule has 1 aliphatic heterocycles. The first kappa shape index (κ1) is 13.6. The van der Waals surface area contributed by atoms with Gasteiger partial charge in [-0.05, 0) is 24.0 Å². The first-order valence-electron chi connectivity index (χ1n) is 7.57. The van der Waals surface area contributed by atoms with Crippen LogP contribution in [-0.2, 0) is 4.79 Å². The van der Waals surface area contributed by atoms with Crippen molar-refractivity contribution < 1.29 is 9.90 Å². The van der Waals surface area contributed by atoms with Gasteiger partial charge >= 0.3 is 5.97 Å². The van der Waals surface area contributed by atoms with E-state index in [4.69, 9.17) is 0 Å². The summed E-state index contributed by atoms with van der Waals surface area (Å²) in [4.78, 5) is 11.3. The number of hydrogen-bond acceptors (Lipinski definition) is 3. The SMILES string of the molecule is O=C(O)C1NCC(NC2CCCCC2)c2ccccc21. The van der Waals surface area contributed by atoms with Crippen molar-refractivity contribution in [2.45, 2.75) is 50.2 Å². The van der Waals surface area contributed by atoms with Crippen LogP contribution in [0.1, 0.15) is 55.3 Å². The average Bonchev–Trinajstić information content (AvgIpc) is 2.48. The minimum atomic E-state index is -0.798. The van der Waals surface area contributed by atoms with E-state index < -0.39 is 12.0 Å². The van der Waals surface area contributed by atoms with E-state index in [0.717, 1.165) is 11.1 Å². The van der Waals surface area contributed by atoms with Gasteiger partial charge in [-0.2, -0.15) is 0 Å². The Labute approximate surface area is 119 Å². The molecule has 2 aliphatic rings. The summed E-state index contributed by atoms with van der Waals surface area (Å²) in [5, 5.41) is 16.2. The van der Waals surface area contributed by atoms with Gasteiger partial charge in [-0.3, -0.25) is 10.1 Å². The average molecular weight is 274 g/mol. The van der Waals surface area contributed by atoms with E-state index in [1.165, 1.54) is 32.1 Å². The molecule has 0 radical (unpaired) electrons. The quantitative estimate of drug-likeness (QED) is 0.792. The Balaban J connectivity index is 1.79. The van der Waals surface area contributed by atoms with Crippen LogP contribution in [0, 0.1) is 0 Å². The number of nitrogens with one attached hydrogen (secondary N) is 2. The van der Waals surface area contributed by atoms with Crippen molar-refractivity contribution in [3.63, 3.8) is 0 Å². The molecule has 4 heteroatoms. The van der Waals surface area contributed by atoms with Crippen molar-refractivity contribution in [2.75, 3.05) is 6.54 Å². The summed E-state index contributed by atoms with van der Waals surface area (Å²) in [5.41, 5.74) is 2.05. The number of fused-ring (bicyclic) bond motifs is 1. The van der Waals surface area contributed by atoms with E-state index >= 15 is 0 Å². The molecule has 1 heterocycles. The smallest absolute Gasteiger partial charge is 0.325 e. The van der Waals surface area contributed by atoms with Crippen molar-refractivity contribution in [1.29, 1.82) is 0 Å². The Morgan fingerprint density at radius 1 is 1.15 bits per heavy atom. The molecule has 1 saturated carbocycles. The molecule has 2 atom stereocenters. The lowest BCUT2D eigenvalue weighted by atomic mass is 9.89. The van der Waals surface area contributed by atoms with Crippen molar-refractivity contribution >= 4 is 5.97 Å². The Morgan fingerprint density at radius 2 is 1.85 bits per heavy atom. The van der Waals surface area contributed by atoms with Gasteiger partial charge in [0.25, 0.3) is 0 Å². The number of aliphatic carboxylic acids is 1. The molecule has 2 unspecified atom stereocenters. The van der Waals surface area contributed by atoms with Gasteiger partial charge in [0.15, 0.2) is 0 Å². The molecule has 0 aromatic heterocycles. The van der Waals surface area contributed by atoms with Crippen LogP contribution in [-0.4, -0.2) is 23.7 Å². The molecule has 20 heavy (non-hydrogen) atoms. The fraction of sp³-hybridized carbons (Fsp3) is 0.562. The normalized spacial score (nSPS) is 27.0. The fourth-order valence-corrected chi connectivity index (χ4v) is 3.47. The summed E-state index contributed by atoms with van der Waals surface area (Å²) in [7, 11) is 0. The standard InChI is InChI=1S/C16H22N2O2/c19-16(20)15-13-9-5-4-8-12(13)14(10-17-15)18-11-6-2-1-3-7-11/h4-5,8-9,11,14-15,17-18H,1-3,6-7,10H2,(H,19,20). The van der Waals surface area contributed by atoms with Gasteiger partial charge in [0.1, 0.15) is 6.04 Å². The molecule has 3 N–H and O–H groups in total. The summed E-state index contributed by atoms with van der Waals surface area (Å²) < 4.78 is 0. The van der Waals surface area contributed by atoms with Gasteiger partial charge in [0.2, 0.25) is 0 Å². The maximum absolute atomic E-state index is 11.3. The van der Waals surface area contributed by atoms with Gasteiger partial charge in [-0.15, -0.1) is 0 Å². The third-order valence-corrected chi connectivity index (χ3v) is 4.50. The Hall–Kier alpha value is -1.39. The van der Waals surface area contributed by atoms with Crippen LogP contribution >= 0.6 is 0 Å². The van der Waals surface area contributed by atoms with Gasteiger partial charge in [-0.1, -0.05) is 43.5 Å². The van der Waals surface area contributed by atoms with Gasteiger partial charge in [0.05, 0.1) is 0 Å². The zero-order valence-electron chi connectivity index (χ0n) is 11.6. The summed E-state index contributed by atoms with van der Waals surface area (Å²) in [6, 6.07) is 8.13. The molecule has 0 spiro atoms. The Kier molecular flexibility index (Phi) is 4.03. The molecule has 0 saturated heterocycles. The minimum absolute atomic E-state index is 0.227. The number of hydrogen-bond donors (Lipinski definition) is 3. The molecular formula is C16H22N2O2. The number of carboxylic acids is 1. The molecule has 4 nitrogen and oxygen atoms in total. The number of benzene rings is 1. The van der Waals surface area contributed by atoms with Crippen LogP contribution < -0.4 is 10.6 Å². The van der Waals surface area contributed by atoms with Crippen molar-refractivity contribution in [3.8, 4) is 0 Å². The molecular weight excluding hydrogens is 252 g/mol. The summed E-state index contributed by atoms with van der Waals surface area (Å²) in [5.74, 6) is -0.798. The second-order valence-corrected chi connectivity index (χ2v) is 5.86. The first-order valence-corrected chi connectivity index (χ1v) is 7.57. The van der Waals surface area contributed by atoms with Crippen LogP contribution in [0.2, 0.25) is 0 Å². The number of carboxylic acid groups (broad SMARTS) is 1. The third kappa shape index (κ3) is 2.72. The molecule has 0 amide bonds. The predicted octanol–water partition coefficient (Wildman–Crippen LogP) is 2.38. The highest BCUT2D eigenvalue weighted by molar-refractivity contribution is 5.76. The fourth-order valence-electron chi connectivity index (χ4n) is 3.47. The Bertz CT molecular complexity index is 483. The zero-order valence-corrected chi connectivity index (χ0v) is 11.6. The van der Waals surface area contributed by atoms with Crippen molar-refractivity contribution in [3.05, 3.63) is 35.4 Å². The van der Waals surface area contributed by atoms with Crippen LogP contribution in [0.5, 0.6) is 0 Å². The number of rotatable bonds is 3. The van der Waals surface area contributed by atoms with Gasteiger partial charge in [-0.25, -0.2) is 0 Å². The Morgan fingerprint density at radius 3 is 2.55 bits per heavy atom. The van der Waals surface area contributed by atoms with Crippen LogP contribution in [0.25, 0.3) is 0 Å². The number of carbonyl (C=O) groups is 1. The molecule has 3 rings (SSSR count). The summed E-state index contributed by atoms with van der Waals surface area (Å²) in [6.45, 7) is 0.685. The van der Waals surface area contributed by atoms with Crippen LogP contribution in [0.3, 0.4) is 0 Å². The predicted molar refractivity (Wildman–Crippen MR) is 77.6 cm³/mol. The van der Waals surface area contributed by atoms with E-state index in [9.17, 15) is 9.90 Å². The van der Waals surface area contributed by atoms with E-state index in [-0.39, 0.29) is 6.04 Å². The summed E-state index contributed by atoms with van der Waals surface area (Å²) in [6.07, 6.45) is 6.43. The largest absolute Gasteiger partial charge is 0.480 e. The van der Waals surface area contributed by atoms with Crippen LogP contribution in [0.4, 0.5) is 0 Å². The molecule has 0 bridgehead atoms. The zero-order chi connectivity index (χ0) is 13.9. The van der Waals surface area contributed by atoms with Crippen molar-refractivity contribution in [2.24, 2.45) is 0 Å². The lowest BCUT2D eigenvalue weighted by Gasteiger charge is -2.35. The minimum Gasteiger partial charge on any atom is -0.480 e. The van der Waals surface area contributed by atoms with Crippen molar-refractivity contribution in [1.82, 2.24) is 10.6 Å². The molecule has 1 aromatic carbocycles. The molecule has 1 aromatic rings. The monoisotopic (exact) mass is 274 g/mol. The highest BCUT2D eigenvalue weighted by Gasteiger charge is 2.31. The maximum atomic E-state index is 11.3. The van der Waals surface area contributed by atoms with E-state index in [2.05, 4.69) is 16.7 Å². The second kappa shape index (κ2) is 5.94.